The summed E-state index contributed by atoms with van der Waals surface area (Å²) in [5.41, 5.74) is 0. The highest BCUT2D eigenvalue weighted by Gasteiger charge is 2.64. The Morgan fingerprint density at radius 2 is 2.16 bits per heavy atom. The number of rotatable bonds is 3. The van der Waals surface area contributed by atoms with Gasteiger partial charge in [-0.05, 0) is 20.0 Å². The SMILES string of the molecule is C=CNC(=O)NC1C(=O)N2[C@@H]1SC(C)(C)[C@@H]2C(=O)O. The van der Waals surface area contributed by atoms with Crippen LogP contribution in [-0.4, -0.2) is 50.1 Å². The molecule has 3 amide bonds. The van der Waals surface area contributed by atoms with Gasteiger partial charge in [0.2, 0.25) is 5.91 Å². The second kappa shape index (κ2) is 4.44. The molecule has 1 unspecified atom stereocenters. The fraction of sp³-hybridized carbons (Fsp3) is 0.545. The zero-order valence-corrected chi connectivity index (χ0v) is 11.4. The lowest BCUT2D eigenvalue weighted by Crippen LogP contribution is -2.71. The Kier molecular flexibility index (Phi) is 3.21. The van der Waals surface area contributed by atoms with Crippen molar-refractivity contribution in [1.29, 1.82) is 0 Å². The largest absolute Gasteiger partial charge is 0.480 e. The maximum Gasteiger partial charge on any atom is 0.327 e. The predicted molar refractivity (Wildman–Crippen MR) is 69.4 cm³/mol. The molecule has 7 nitrogen and oxygen atoms in total. The smallest absolute Gasteiger partial charge is 0.327 e. The zero-order valence-electron chi connectivity index (χ0n) is 10.5. The van der Waals surface area contributed by atoms with E-state index in [9.17, 15) is 19.5 Å². The molecular formula is C11H15N3O4S. The molecule has 0 saturated carbocycles. The summed E-state index contributed by atoms with van der Waals surface area (Å²) in [6.07, 6.45) is 1.21. The molecule has 0 aromatic heterocycles. The number of carbonyl (C=O) groups excluding carboxylic acids is 2. The Bertz CT molecular complexity index is 465. The van der Waals surface area contributed by atoms with E-state index in [-0.39, 0.29) is 11.3 Å². The quantitative estimate of drug-likeness (QED) is 0.631. The van der Waals surface area contributed by atoms with Gasteiger partial charge in [-0.25, -0.2) is 9.59 Å². The summed E-state index contributed by atoms with van der Waals surface area (Å²) < 4.78 is -0.586. The van der Waals surface area contributed by atoms with Gasteiger partial charge in [0.15, 0.2) is 0 Å². The molecule has 0 spiro atoms. The third kappa shape index (κ3) is 2.05. The normalized spacial score (nSPS) is 31.2. The van der Waals surface area contributed by atoms with Crippen LogP contribution in [-0.2, 0) is 9.59 Å². The lowest BCUT2D eigenvalue weighted by atomic mass is 9.96. The summed E-state index contributed by atoms with van der Waals surface area (Å²) in [6, 6.07) is -2.07. The Morgan fingerprint density at radius 1 is 1.53 bits per heavy atom. The number of carboxylic acids is 1. The van der Waals surface area contributed by atoms with Crippen LogP contribution in [0.25, 0.3) is 0 Å². The van der Waals surface area contributed by atoms with Gasteiger partial charge in [0, 0.05) is 4.75 Å². The van der Waals surface area contributed by atoms with E-state index in [1.165, 1.54) is 22.9 Å². The van der Waals surface area contributed by atoms with Crippen LogP contribution >= 0.6 is 11.8 Å². The van der Waals surface area contributed by atoms with Gasteiger partial charge >= 0.3 is 12.0 Å². The van der Waals surface area contributed by atoms with E-state index >= 15 is 0 Å². The third-order valence-electron chi connectivity index (χ3n) is 3.19. The summed E-state index contributed by atoms with van der Waals surface area (Å²) in [5.74, 6) is -1.39. The van der Waals surface area contributed by atoms with Crippen molar-refractivity contribution < 1.29 is 19.5 Å². The number of amides is 3. The number of carbonyl (C=O) groups is 3. The van der Waals surface area contributed by atoms with Crippen molar-refractivity contribution in [2.45, 2.75) is 36.1 Å². The topological polar surface area (TPSA) is 98.7 Å². The molecule has 0 aromatic carbocycles. The summed E-state index contributed by atoms with van der Waals surface area (Å²) in [4.78, 5) is 35.9. The van der Waals surface area contributed by atoms with Crippen LogP contribution in [0, 0.1) is 0 Å². The number of hydrogen-bond donors (Lipinski definition) is 3. The minimum Gasteiger partial charge on any atom is -0.480 e. The molecule has 2 aliphatic heterocycles. The molecule has 0 radical (unpaired) electrons. The number of β-lactam (4-membered cyclic amide) rings is 1. The predicted octanol–water partition coefficient (Wildman–Crippen LogP) is -0.0554. The summed E-state index contributed by atoms with van der Waals surface area (Å²) in [5, 5.41) is 13.7. The molecule has 2 aliphatic rings. The van der Waals surface area contributed by atoms with Crippen LogP contribution in [0.1, 0.15) is 13.8 Å². The van der Waals surface area contributed by atoms with Crippen molar-refractivity contribution in [3.05, 3.63) is 12.8 Å². The highest BCUT2D eigenvalue weighted by atomic mass is 32.2. The van der Waals surface area contributed by atoms with Crippen LogP contribution in [0.4, 0.5) is 4.79 Å². The molecule has 19 heavy (non-hydrogen) atoms. The first-order valence-corrected chi connectivity index (χ1v) is 6.58. The third-order valence-corrected chi connectivity index (χ3v) is 4.77. The van der Waals surface area contributed by atoms with Gasteiger partial charge in [-0.15, -0.1) is 11.8 Å². The fourth-order valence-corrected chi connectivity index (χ4v) is 4.05. The van der Waals surface area contributed by atoms with Crippen molar-refractivity contribution >= 4 is 29.7 Å². The first-order valence-electron chi connectivity index (χ1n) is 5.70. The van der Waals surface area contributed by atoms with Crippen LogP contribution in [0.15, 0.2) is 12.8 Å². The Balaban J connectivity index is 2.12. The van der Waals surface area contributed by atoms with Gasteiger partial charge in [0.05, 0.1) is 0 Å². The molecule has 8 heteroatoms. The maximum absolute atomic E-state index is 12.0. The summed E-state index contributed by atoms with van der Waals surface area (Å²) in [7, 11) is 0. The minimum atomic E-state index is -1.03. The van der Waals surface area contributed by atoms with Crippen molar-refractivity contribution in [3.63, 3.8) is 0 Å². The van der Waals surface area contributed by atoms with Crippen molar-refractivity contribution in [3.8, 4) is 0 Å². The number of nitrogens with one attached hydrogen (secondary N) is 2. The second-order valence-corrected chi connectivity index (χ2v) is 6.67. The van der Waals surface area contributed by atoms with Gasteiger partial charge in [-0.1, -0.05) is 6.58 Å². The average molecular weight is 285 g/mol. The first kappa shape index (κ1) is 13.7. The maximum atomic E-state index is 12.0. The fourth-order valence-electron chi connectivity index (χ4n) is 2.42. The number of nitrogens with zero attached hydrogens (tertiary/aromatic N) is 1. The number of fused-ring (bicyclic) bond motifs is 1. The van der Waals surface area contributed by atoms with E-state index in [0.717, 1.165) is 0 Å². The Morgan fingerprint density at radius 3 is 2.68 bits per heavy atom. The molecule has 104 valence electrons. The molecule has 2 heterocycles. The first-order chi connectivity index (χ1) is 8.79. The van der Waals surface area contributed by atoms with Crippen LogP contribution in [0.5, 0.6) is 0 Å². The zero-order chi connectivity index (χ0) is 14.4. The van der Waals surface area contributed by atoms with Gasteiger partial charge in [0.25, 0.3) is 0 Å². The molecule has 3 N–H and O–H groups in total. The van der Waals surface area contributed by atoms with Crippen molar-refractivity contribution in [1.82, 2.24) is 15.5 Å². The molecule has 2 fully saturated rings. The molecule has 2 rings (SSSR count). The van der Waals surface area contributed by atoms with E-state index < -0.39 is 28.8 Å². The number of carboxylic acid groups (broad SMARTS) is 1. The van der Waals surface area contributed by atoms with Gasteiger partial charge in [0.1, 0.15) is 17.5 Å². The van der Waals surface area contributed by atoms with E-state index in [1.54, 1.807) is 13.8 Å². The summed E-state index contributed by atoms with van der Waals surface area (Å²) in [6.45, 7) is 6.91. The molecule has 3 atom stereocenters. The van der Waals surface area contributed by atoms with Crippen LogP contribution in [0.2, 0.25) is 0 Å². The van der Waals surface area contributed by atoms with E-state index in [1.807, 2.05) is 0 Å². The molecule has 0 aliphatic carbocycles. The molecule has 2 saturated heterocycles. The van der Waals surface area contributed by atoms with Crippen LogP contribution in [0.3, 0.4) is 0 Å². The van der Waals surface area contributed by atoms with Crippen molar-refractivity contribution in [2.24, 2.45) is 0 Å². The lowest BCUT2D eigenvalue weighted by Gasteiger charge is -2.43. The van der Waals surface area contributed by atoms with Crippen molar-refractivity contribution in [2.75, 3.05) is 0 Å². The van der Waals surface area contributed by atoms with Crippen LogP contribution < -0.4 is 10.6 Å². The molecular weight excluding hydrogens is 270 g/mol. The van der Waals surface area contributed by atoms with E-state index in [0.29, 0.717) is 0 Å². The molecule has 0 aromatic rings. The number of urea groups is 1. The van der Waals surface area contributed by atoms with Gasteiger partial charge in [-0.3, -0.25) is 4.79 Å². The van der Waals surface area contributed by atoms with E-state index in [2.05, 4.69) is 17.2 Å². The van der Waals surface area contributed by atoms with Gasteiger partial charge in [-0.2, -0.15) is 0 Å². The van der Waals surface area contributed by atoms with E-state index in [4.69, 9.17) is 0 Å². The molecule has 0 bridgehead atoms. The standard InChI is InChI=1S/C11H15N3O4S/c1-4-12-10(18)13-5-7(15)14-6(9(16)17)11(2,3)19-8(5)14/h4-6,8H,1H2,2-3H3,(H,16,17)(H2,12,13,18)/t5?,6-,8+/m0/s1. The van der Waals surface area contributed by atoms with Gasteiger partial charge < -0.3 is 20.6 Å². The highest BCUT2D eigenvalue weighted by molar-refractivity contribution is 8.01. The monoisotopic (exact) mass is 285 g/mol. The number of aliphatic carboxylic acids is 1. The Hall–Kier alpha value is -1.70. The number of thioether (sulfide) groups is 1. The highest BCUT2D eigenvalue weighted by Crippen LogP contribution is 2.50. The second-order valence-electron chi connectivity index (χ2n) is 4.90. The Labute approximate surface area is 114 Å². The average Bonchev–Trinajstić information content (AvgIpc) is 2.55. The lowest BCUT2D eigenvalue weighted by molar-refractivity contribution is -0.159. The minimum absolute atomic E-state index is 0.334. The number of hydrogen-bond acceptors (Lipinski definition) is 4. The summed E-state index contributed by atoms with van der Waals surface area (Å²) >= 11 is 1.38.